The third kappa shape index (κ3) is 5.39. The van der Waals surface area contributed by atoms with Gasteiger partial charge in [-0.25, -0.2) is 9.18 Å². The second kappa shape index (κ2) is 9.14. The number of urea groups is 1. The van der Waals surface area contributed by atoms with E-state index in [4.69, 9.17) is 11.6 Å². The van der Waals surface area contributed by atoms with Gasteiger partial charge in [-0.15, -0.1) is 0 Å². The number of hydrogen-bond acceptors (Lipinski definition) is 1. The van der Waals surface area contributed by atoms with Gasteiger partial charge in [-0.3, -0.25) is 0 Å². The molecular weight excluding hydrogens is 389 g/mol. The van der Waals surface area contributed by atoms with Crippen LogP contribution in [0.1, 0.15) is 30.7 Å². The summed E-state index contributed by atoms with van der Waals surface area (Å²) in [6.07, 6.45) is 2.02. The molecule has 2 amide bonds. The highest BCUT2D eigenvalue weighted by atomic mass is 35.5. The Balaban J connectivity index is 1.73. The number of nitrogens with zero attached hydrogens (tertiary/aromatic N) is 2. The second-order valence-electron chi connectivity index (χ2n) is 7.39. The first-order valence-electron chi connectivity index (χ1n) is 9.55. The van der Waals surface area contributed by atoms with Crippen LogP contribution in [-0.2, 0) is 13.1 Å². The zero-order valence-electron chi connectivity index (χ0n) is 16.8. The molecule has 0 unspecified atom stereocenters. The van der Waals surface area contributed by atoms with Crippen molar-refractivity contribution in [1.29, 1.82) is 0 Å². The normalized spacial score (nSPS) is 11.0. The van der Waals surface area contributed by atoms with E-state index in [0.717, 1.165) is 12.2 Å². The van der Waals surface area contributed by atoms with Crippen molar-refractivity contribution in [3.05, 3.63) is 88.5 Å². The van der Waals surface area contributed by atoms with E-state index >= 15 is 0 Å². The molecule has 0 aliphatic heterocycles. The van der Waals surface area contributed by atoms with Gasteiger partial charge in [0, 0.05) is 30.2 Å². The summed E-state index contributed by atoms with van der Waals surface area (Å²) in [7, 11) is 0. The molecule has 3 aromatic rings. The molecule has 152 valence electrons. The number of aromatic nitrogens is 1. The molecule has 0 spiro atoms. The lowest BCUT2D eigenvalue weighted by Crippen LogP contribution is -2.40. The zero-order chi connectivity index (χ0) is 21.0. The molecule has 0 bridgehead atoms. The van der Waals surface area contributed by atoms with Crippen LogP contribution < -0.4 is 5.32 Å². The molecule has 1 N–H and O–H groups in total. The lowest BCUT2D eigenvalue weighted by molar-refractivity contribution is 0.192. The van der Waals surface area contributed by atoms with E-state index < -0.39 is 5.82 Å². The van der Waals surface area contributed by atoms with E-state index in [9.17, 15) is 9.18 Å². The molecule has 29 heavy (non-hydrogen) atoms. The van der Waals surface area contributed by atoms with Gasteiger partial charge in [0.15, 0.2) is 0 Å². The van der Waals surface area contributed by atoms with Gasteiger partial charge in [-0.2, -0.15) is 0 Å². The van der Waals surface area contributed by atoms with E-state index in [2.05, 4.69) is 41.1 Å². The third-order valence-electron chi connectivity index (χ3n) is 4.78. The van der Waals surface area contributed by atoms with Crippen LogP contribution in [0.25, 0.3) is 0 Å². The predicted molar refractivity (Wildman–Crippen MR) is 116 cm³/mol. The highest BCUT2D eigenvalue weighted by Crippen LogP contribution is 2.20. The first-order valence-corrected chi connectivity index (χ1v) is 9.93. The van der Waals surface area contributed by atoms with Crippen molar-refractivity contribution in [2.24, 2.45) is 0 Å². The van der Waals surface area contributed by atoms with Crippen LogP contribution in [0.15, 0.2) is 60.8 Å². The lowest BCUT2D eigenvalue weighted by Gasteiger charge is -2.27. The second-order valence-corrected chi connectivity index (χ2v) is 7.80. The highest BCUT2D eigenvalue weighted by Gasteiger charge is 2.19. The van der Waals surface area contributed by atoms with Gasteiger partial charge in [0.05, 0.1) is 11.6 Å². The third-order valence-corrected chi connectivity index (χ3v) is 5.07. The number of halogens is 2. The van der Waals surface area contributed by atoms with Gasteiger partial charge in [0.1, 0.15) is 5.82 Å². The molecule has 0 aliphatic rings. The zero-order valence-corrected chi connectivity index (χ0v) is 17.6. The van der Waals surface area contributed by atoms with Crippen molar-refractivity contribution < 1.29 is 9.18 Å². The van der Waals surface area contributed by atoms with Gasteiger partial charge in [0.2, 0.25) is 0 Å². The van der Waals surface area contributed by atoms with Crippen molar-refractivity contribution >= 4 is 23.3 Å². The summed E-state index contributed by atoms with van der Waals surface area (Å²) in [6, 6.07) is 16.3. The van der Waals surface area contributed by atoms with Crippen molar-refractivity contribution in [1.82, 2.24) is 9.47 Å². The Morgan fingerprint density at radius 1 is 1.17 bits per heavy atom. The van der Waals surface area contributed by atoms with Crippen molar-refractivity contribution in [2.75, 3.05) is 5.32 Å². The Bertz CT molecular complexity index is 982. The fourth-order valence-electron chi connectivity index (χ4n) is 3.07. The molecule has 0 atom stereocenters. The molecular formula is C23H25ClFN3O. The largest absolute Gasteiger partial charge is 0.345 e. The van der Waals surface area contributed by atoms with Crippen LogP contribution in [0.2, 0.25) is 5.02 Å². The maximum absolute atomic E-state index is 13.4. The number of amides is 2. The minimum atomic E-state index is -0.515. The first-order chi connectivity index (χ1) is 13.8. The molecule has 3 rings (SSSR count). The quantitative estimate of drug-likeness (QED) is 0.522. The van der Waals surface area contributed by atoms with Crippen LogP contribution in [0.3, 0.4) is 0 Å². The van der Waals surface area contributed by atoms with E-state index in [1.54, 1.807) is 4.90 Å². The molecule has 0 radical (unpaired) electrons. The van der Waals surface area contributed by atoms with Gasteiger partial charge >= 0.3 is 6.03 Å². The molecule has 2 aromatic carbocycles. The highest BCUT2D eigenvalue weighted by molar-refractivity contribution is 6.31. The number of carbonyl (C=O) groups is 1. The average Bonchev–Trinajstić information content (AvgIpc) is 3.11. The molecule has 1 heterocycles. The Morgan fingerprint density at radius 3 is 2.55 bits per heavy atom. The summed E-state index contributed by atoms with van der Waals surface area (Å²) in [5.41, 5.74) is 3.92. The molecule has 0 fully saturated rings. The summed E-state index contributed by atoms with van der Waals surface area (Å²) < 4.78 is 15.5. The standard InChI is InChI=1S/C23H25ClFN3O/c1-16(2)28(23(29)26-19-10-11-22(25)21(24)13-19)15-20-5-4-12-27(20)14-18-8-6-17(3)7-9-18/h4-13,16H,14-15H2,1-3H3,(H,26,29). The number of aryl methyl sites for hydroxylation is 1. The fraction of sp³-hybridized carbons (Fsp3) is 0.261. The Labute approximate surface area is 175 Å². The van der Waals surface area contributed by atoms with Crippen molar-refractivity contribution in [2.45, 2.75) is 39.9 Å². The number of rotatable bonds is 6. The number of anilines is 1. The van der Waals surface area contributed by atoms with Crippen LogP contribution >= 0.6 is 11.6 Å². The number of hydrogen-bond donors (Lipinski definition) is 1. The maximum atomic E-state index is 13.4. The van der Waals surface area contributed by atoms with Crippen molar-refractivity contribution in [3.8, 4) is 0 Å². The minimum absolute atomic E-state index is 0.0198. The summed E-state index contributed by atoms with van der Waals surface area (Å²) >= 11 is 5.82. The maximum Gasteiger partial charge on any atom is 0.322 e. The molecule has 0 saturated heterocycles. The molecule has 4 nitrogen and oxygen atoms in total. The van der Waals surface area contributed by atoms with E-state index in [1.165, 1.54) is 29.3 Å². The van der Waals surface area contributed by atoms with Crippen LogP contribution in [0, 0.1) is 12.7 Å². The Morgan fingerprint density at radius 2 is 1.90 bits per heavy atom. The monoisotopic (exact) mass is 413 g/mol. The number of benzene rings is 2. The molecule has 1 aromatic heterocycles. The van der Waals surface area contributed by atoms with Crippen molar-refractivity contribution in [3.63, 3.8) is 0 Å². The summed E-state index contributed by atoms with van der Waals surface area (Å²) in [4.78, 5) is 14.6. The average molecular weight is 414 g/mol. The van der Waals surface area contributed by atoms with Crippen LogP contribution in [-0.4, -0.2) is 21.5 Å². The summed E-state index contributed by atoms with van der Waals surface area (Å²) in [5, 5.41) is 2.78. The predicted octanol–water partition coefficient (Wildman–Crippen LogP) is 6.08. The van der Waals surface area contributed by atoms with Gasteiger partial charge in [-0.1, -0.05) is 41.4 Å². The van der Waals surface area contributed by atoms with Gasteiger partial charge in [-0.05, 0) is 56.7 Å². The van der Waals surface area contributed by atoms with E-state index in [0.29, 0.717) is 12.2 Å². The summed E-state index contributed by atoms with van der Waals surface area (Å²) in [5.74, 6) is -0.515. The Hall–Kier alpha value is -2.79. The number of carbonyl (C=O) groups excluding carboxylic acids is 1. The Kier molecular flexibility index (Phi) is 6.60. The topological polar surface area (TPSA) is 37.3 Å². The molecule has 0 aliphatic carbocycles. The fourth-order valence-corrected chi connectivity index (χ4v) is 3.25. The van der Waals surface area contributed by atoms with E-state index in [1.807, 2.05) is 32.2 Å². The van der Waals surface area contributed by atoms with Gasteiger partial charge < -0.3 is 14.8 Å². The SMILES string of the molecule is Cc1ccc(Cn2cccc2CN(C(=O)Nc2ccc(F)c(Cl)c2)C(C)C)cc1. The minimum Gasteiger partial charge on any atom is -0.345 e. The molecule has 6 heteroatoms. The smallest absolute Gasteiger partial charge is 0.322 e. The van der Waals surface area contributed by atoms with Crippen LogP contribution in [0.4, 0.5) is 14.9 Å². The number of nitrogens with one attached hydrogen (secondary N) is 1. The van der Waals surface area contributed by atoms with E-state index in [-0.39, 0.29) is 17.1 Å². The first kappa shape index (κ1) is 20.9. The molecule has 0 saturated carbocycles. The van der Waals surface area contributed by atoms with Crippen LogP contribution in [0.5, 0.6) is 0 Å². The lowest BCUT2D eigenvalue weighted by atomic mass is 10.1. The summed E-state index contributed by atoms with van der Waals surface area (Å²) in [6.45, 7) is 7.19. The van der Waals surface area contributed by atoms with Gasteiger partial charge in [0.25, 0.3) is 0 Å².